The molecule has 0 unspecified atom stereocenters. The zero-order chi connectivity index (χ0) is 20.9. The zero-order valence-electron chi connectivity index (χ0n) is 18.8. The van der Waals surface area contributed by atoms with E-state index in [1.165, 1.54) is 11.1 Å². The zero-order valence-corrected chi connectivity index (χ0v) is 21.1. The summed E-state index contributed by atoms with van der Waals surface area (Å²) in [5, 5.41) is 6.78. The van der Waals surface area contributed by atoms with E-state index in [0.717, 1.165) is 84.4 Å². The van der Waals surface area contributed by atoms with Crippen LogP contribution in [0, 0.1) is 0 Å². The van der Waals surface area contributed by atoms with Crippen LogP contribution in [0.3, 0.4) is 0 Å². The summed E-state index contributed by atoms with van der Waals surface area (Å²) in [6.07, 6.45) is 3.44. The summed E-state index contributed by atoms with van der Waals surface area (Å²) >= 11 is 0. The fourth-order valence-electron chi connectivity index (χ4n) is 3.64. The number of nitrogens with one attached hydrogen (secondary N) is 2. The Morgan fingerprint density at radius 1 is 1.03 bits per heavy atom. The molecule has 2 aliphatic heterocycles. The van der Waals surface area contributed by atoms with Gasteiger partial charge in [0.15, 0.2) is 5.96 Å². The molecule has 7 nitrogen and oxygen atoms in total. The second-order valence-corrected chi connectivity index (χ2v) is 7.87. The van der Waals surface area contributed by atoms with Crippen LogP contribution in [0.4, 0.5) is 0 Å². The average Bonchev–Trinajstić information content (AvgIpc) is 2.81. The first-order valence-electron chi connectivity index (χ1n) is 11.4. The molecule has 1 aromatic rings. The first kappa shape index (κ1) is 26.3. The molecule has 1 aromatic carbocycles. The first-order chi connectivity index (χ1) is 14.8. The van der Waals surface area contributed by atoms with Gasteiger partial charge in [0.2, 0.25) is 0 Å². The Balaban J connectivity index is 0.00000341. The van der Waals surface area contributed by atoms with Gasteiger partial charge in [-0.15, -0.1) is 24.0 Å². The maximum Gasteiger partial charge on any atom is 0.191 e. The van der Waals surface area contributed by atoms with Crippen molar-refractivity contribution in [1.82, 2.24) is 15.5 Å². The van der Waals surface area contributed by atoms with Crippen LogP contribution in [0.15, 0.2) is 29.3 Å². The minimum absolute atomic E-state index is 0. The number of halogens is 1. The standard InChI is InChI=1S/C23H38N4O3.HI/c1-2-24-23(25-10-3-11-27-12-16-29-17-13-27)26-18-20-4-6-21(7-5-20)19-30-22-8-14-28-15-9-22;/h4-7,22H,2-3,8-19H2,1H3,(H2,24,25,26);1H. The molecule has 2 aliphatic rings. The molecule has 0 aromatic heterocycles. The van der Waals surface area contributed by atoms with Crippen molar-refractivity contribution in [3.05, 3.63) is 35.4 Å². The van der Waals surface area contributed by atoms with Gasteiger partial charge < -0.3 is 24.8 Å². The van der Waals surface area contributed by atoms with Gasteiger partial charge in [0.1, 0.15) is 0 Å². The van der Waals surface area contributed by atoms with Crippen molar-refractivity contribution >= 4 is 29.9 Å². The summed E-state index contributed by atoms with van der Waals surface area (Å²) < 4.78 is 16.8. The van der Waals surface area contributed by atoms with E-state index in [9.17, 15) is 0 Å². The van der Waals surface area contributed by atoms with Crippen LogP contribution in [-0.4, -0.2) is 76.1 Å². The minimum atomic E-state index is 0. The highest BCUT2D eigenvalue weighted by atomic mass is 127. The number of aliphatic imine (C=N–C) groups is 1. The highest BCUT2D eigenvalue weighted by molar-refractivity contribution is 14.0. The fraction of sp³-hybridized carbons (Fsp3) is 0.696. The van der Waals surface area contributed by atoms with Crippen molar-refractivity contribution in [3.8, 4) is 0 Å². The quantitative estimate of drug-likeness (QED) is 0.204. The van der Waals surface area contributed by atoms with E-state index in [2.05, 4.69) is 46.7 Å². The molecule has 0 aliphatic carbocycles. The highest BCUT2D eigenvalue weighted by Crippen LogP contribution is 2.14. The van der Waals surface area contributed by atoms with Gasteiger partial charge in [0, 0.05) is 39.4 Å². The Labute approximate surface area is 204 Å². The number of morpholine rings is 1. The summed E-state index contributed by atoms with van der Waals surface area (Å²) in [5.41, 5.74) is 2.41. The number of nitrogens with zero attached hydrogens (tertiary/aromatic N) is 2. The van der Waals surface area contributed by atoms with Crippen molar-refractivity contribution in [2.45, 2.75) is 45.4 Å². The van der Waals surface area contributed by atoms with Gasteiger partial charge in [-0.1, -0.05) is 24.3 Å². The average molecular weight is 546 g/mol. The molecular weight excluding hydrogens is 507 g/mol. The van der Waals surface area contributed by atoms with Crippen LogP contribution in [0.1, 0.15) is 37.3 Å². The Morgan fingerprint density at radius 2 is 1.71 bits per heavy atom. The minimum Gasteiger partial charge on any atom is -0.381 e. The van der Waals surface area contributed by atoms with Crippen LogP contribution in [0.2, 0.25) is 0 Å². The Kier molecular flexibility index (Phi) is 13.4. The van der Waals surface area contributed by atoms with Crippen molar-refractivity contribution < 1.29 is 14.2 Å². The van der Waals surface area contributed by atoms with E-state index >= 15 is 0 Å². The second kappa shape index (κ2) is 15.8. The van der Waals surface area contributed by atoms with Gasteiger partial charge in [-0.05, 0) is 43.9 Å². The van der Waals surface area contributed by atoms with Crippen LogP contribution >= 0.6 is 24.0 Å². The lowest BCUT2D eigenvalue weighted by Gasteiger charge is -2.26. The van der Waals surface area contributed by atoms with Crippen molar-refractivity contribution in [3.63, 3.8) is 0 Å². The van der Waals surface area contributed by atoms with Gasteiger partial charge in [-0.25, -0.2) is 4.99 Å². The molecule has 2 N–H and O–H groups in total. The smallest absolute Gasteiger partial charge is 0.191 e. The Bertz CT molecular complexity index is 618. The lowest BCUT2D eigenvalue weighted by atomic mass is 10.1. The third-order valence-electron chi connectivity index (χ3n) is 5.49. The summed E-state index contributed by atoms with van der Waals surface area (Å²) in [4.78, 5) is 7.19. The molecule has 2 fully saturated rings. The van der Waals surface area contributed by atoms with Gasteiger partial charge in [0.25, 0.3) is 0 Å². The van der Waals surface area contributed by atoms with Crippen molar-refractivity contribution in [2.75, 3.05) is 59.2 Å². The van der Waals surface area contributed by atoms with Crippen LogP contribution in [0.25, 0.3) is 0 Å². The lowest BCUT2D eigenvalue weighted by Crippen LogP contribution is -2.40. The third-order valence-corrected chi connectivity index (χ3v) is 5.49. The maximum atomic E-state index is 6.00. The highest BCUT2D eigenvalue weighted by Gasteiger charge is 2.14. The predicted octanol–water partition coefficient (Wildman–Crippen LogP) is 2.78. The van der Waals surface area contributed by atoms with Crippen LogP contribution < -0.4 is 10.6 Å². The summed E-state index contributed by atoms with van der Waals surface area (Å²) in [6, 6.07) is 8.59. The first-order valence-corrected chi connectivity index (χ1v) is 11.4. The molecular formula is C23H39IN4O3. The van der Waals surface area contributed by atoms with E-state index in [1.807, 2.05) is 0 Å². The second-order valence-electron chi connectivity index (χ2n) is 7.87. The van der Waals surface area contributed by atoms with Gasteiger partial charge >= 0.3 is 0 Å². The lowest BCUT2D eigenvalue weighted by molar-refractivity contribution is -0.0390. The molecule has 2 heterocycles. The van der Waals surface area contributed by atoms with Crippen molar-refractivity contribution in [2.24, 2.45) is 4.99 Å². The predicted molar refractivity (Wildman–Crippen MR) is 135 cm³/mol. The topological polar surface area (TPSA) is 67.4 Å². The molecule has 0 saturated carbocycles. The molecule has 0 atom stereocenters. The van der Waals surface area contributed by atoms with E-state index in [-0.39, 0.29) is 24.0 Å². The number of hydrogen-bond donors (Lipinski definition) is 2. The monoisotopic (exact) mass is 546 g/mol. The molecule has 0 amide bonds. The molecule has 3 rings (SSSR count). The number of benzene rings is 1. The Hall–Kier alpha value is -0.940. The normalized spacial score (nSPS) is 18.4. The molecule has 2 saturated heterocycles. The third kappa shape index (κ3) is 10.5. The van der Waals surface area contributed by atoms with Gasteiger partial charge in [-0.3, -0.25) is 4.90 Å². The molecule has 8 heteroatoms. The van der Waals surface area contributed by atoms with E-state index < -0.39 is 0 Å². The largest absolute Gasteiger partial charge is 0.381 e. The molecule has 31 heavy (non-hydrogen) atoms. The number of guanidine groups is 1. The number of hydrogen-bond acceptors (Lipinski definition) is 5. The Morgan fingerprint density at radius 3 is 2.42 bits per heavy atom. The molecule has 0 spiro atoms. The number of ether oxygens (including phenoxy) is 3. The fourth-order valence-corrected chi connectivity index (χ4v) is 3.64. The van der Waals surface area contributed by atoms with E-state index in [1.54, 1.807) is 0 Å². The van der Waals surface area contributed by atoms with Gasteiger partial charge in [0.05, 0.1) is 32.5 Å². The van der Waals surface area contributed by atoms with Gasteiger partial charge in [-0.2, -0.15) is 0 Å². The van der Waals surface area contributed by atoms with Crippen molar-refractivity contribution in [1.29, 1.82) is 0 Å². The van der Waals surface area contributed by atoms with Crippen LogP contribution in [-0.2, 0) is 27.4 Å². The maximum absolute atomic E-state index is 6.00. The number of rotatable bonds is 10. The summed E-state index contributed by atoms with van der Waals surface area (Å²) in [6.45, 7) is 11.8. The summed E-state index contributed by atoms with van der Waals surface area (Å²) in [7, 11) is 0. The molecule has 0 radical (unpaired) electrons. The summed E-state index contributed by atoms with van der Waals surface area (Å²) in [5.74, 6) is 0.881. The molecule has 176 valence electrons. The van der Waals surface area contributed by atoms with E-state index in [4.69, 9.17) is 19.2 Å². The molecule has 0 bridgehead atoms. The van der Waals surface area contributed by atoms with Crippen LogP contribution in [0.5, 0.6) is 0 Å². The SMILES string of the molecule is CCNC(=NCc1ccc(COC2CCOCC2)cc1)NCCCN1CCOCC1.I. The van der Waals surface area contributed by atoms with E-state index in [0.29, 0.717) is 19.3 Å².